The lowest BCUT2D eigenvalue weighted by Gasteiger charge is -2.18. The van der Waals surface area contributed by atoms with Crippen LogP contribution in [0, 0.1) is 0 Å². The SMILES string of the molecule is COc1ccc(C(CN)NCc2ccccc2)cc1Br. The number of benzene rings is 2. The van der Waals surface area contributed by atoms with Gasteiger partial charge >= 0.3 is 0 Å². The molecule has 0 amide bonds. The molecule has 0 fully saturated rings. The van der Waals surface area contributed by atoms with E-state index in [-0.39, 0.29) is 6.04 Å². The van der Waals surface area contributed by atoms with Gasteiger partial charge in [0.2, 0.25) is 0 Å². The Balaban J connectivity index is 2.06. The van der Waals surface area contributed by atoms with E-state index in [1.165, 1.54) is 5.56 Å². The van der Waals surface area contributed by atoms with Crippen LogP contribution in [0.5, 0.6) is 5.75 Å². The summed E-state index contributed by atoms with van der Waals surface area (Å²) >= 11 is 3.51. The standard InChI is InChI=1S/C16H19BrN2O/c1-20-16-8-7-13(9-14(16)17)15(10-18)19-11-12-5-3-2-4-6-12/h2-9,15,19H,10-11,18H2,1H3. The first-order chi connectivity index (χ1) is 9.74. The van der Waals surface area contributed by atoms with Gasteiger partial charge in [-0.1, -0.05) is 36.4 Å². The van der Waals surface area contributed by atoms with E-state index >= 15 is 0 Å². The zero-order valence-corrected chi connectivity index (χ0v) is 13.1. The molecule has 1 unspecified atom stereocenters. The highest BCUT2D eigenvalue weighted by atomic mass is 79.9. The Morgan fingerprint density at radius 3 is 2.55 bits per heavy atom. The summed E-state index contributed by atoms with van der Waals surface area (Å²) in [5.74, 6) is 0.826. The lowest BCUT2D eigenvalue weighted by Crippen LogP contribution is -2.27. The highest BCUT2D eigenvalue weighted by Crippen LogP contribution is 2.27. The largest absolute Gasteiger partial charge is 0.496 e. The lowest BCUT2D eigenvalue weighted by molar-refractivity contribution is 0.411. The van der Waals surface area contributed by atoms with E-state index in [1.807, 2.05) is 36.4 Å². The van der Waals surface area contributed by atoms with Gasteiger partial charge in [0.1, 0.15) is 5.75 Å². The third-order valence-corrected chi connectivity index (χ3v) is 3.83. The van der Waals surface area contributed by atoms with Gasteiger partial charge in [-0.25, -0.2) is 0 Å². The number of methoxy groups -OCH3 is 1. The molecule has 0 heterocycles. The van der Waals surface area contributed by atoms with Gasteiger partial charge in [0.15, 0.2) is 0 Å². The van der Waals surface area contributed by atoms with Gasteiger partial charge < -0.3 is 15.8 Å². The highest BCUT2D eigenvalue weighted by molar-refractivity contribution is 9.10. The van der Waals surface area contributed by atoms with Crippen molar-refractivity contribution in [3.63, 3.8) is 0 Å². The Morgan fingerprint density at radius 2 is 1.95 bits per heavy atom. The van der Waals surface area contributed by atoms with Gasteiger partial charge in [0.05, 0.1) is 11.6 Å². The summed E-state index contributed by atoms with van der Waals surface area (Å²) in [5, 5.41) is 3.48. The van der Waals surface area contributed by atoms with E-state index < -0.39 is 0 Å². The molecule has 0 aliphatic carbocycles. The maximum atomic E-state index is 5.88. The fraction of sp³-hybridized carbons (Fsp3) is 0.250. The van der Waals surface area contributed by atoms with Crippen LogP contribution in [0.4, 0.5) is 0 Å². The fourth-order valence-electron chi connectivity index (χ4n) is 2.07. The molecule has 0 saturated heterocycles. The lowest BCUT2D eigenvalue weighted by atomic mass is 10.1. The average molecular weight is 335 g/mol. The van der Waals surface area contributed by atoms with E-state index in [1.54, 1.807) is 7.11 Å². The van der Waals surface area contributed by atoms with Crippen molar-refractivity contribution in [1.29, 1.82) is 0 Å². The number of ether oxygens (including phenoxy) is 1. The van der Waals surface area contributed by atoms with Crippen molar-refractivity contribution in [2.75, 3.05) is 13.7 Å². The number of hydrogen-bond donors (Lipinski definition) is 2. The van der Waals surface area contributed by atoms with Crippen LogP contribution in [0.15, 0.2) is 53.0 Å². The summed E-state index contributed by atoms with van der Waals surface area (Å²) < 4.78 is 6.19. The third-order valence-electron chi connectivity index (χ3n) is 3.21. The van der Waals surface area contributed by atoms with E-state index in [9.17, 15) is 0 Å². The van der Waals surface area contributed by atoms with Crippen LogP contribution in [-0.4, -0.2) is 13.7 Å². The molecule has 3 nitrogen and oxygen atoms in total. The third kappa shape index (κ3) is 3.82. The summed E-state index contributed by atoms with van der Waals surface area (Å²) in [4.78, 5) is 0. The molecule has 0 aromatic heterocycles. The molecule has 0 bridgehead atoms. The summed E-state index contributed by atoms with van der Waals surface area (Å²) in [5.41, 5.74) is 8.28. The Labute approximate surface area is 128 Å². The fourth-order valence-corrected chi connectivity index (χ4v) is 2.63. The Kier molecular flexibility index (Phi) is 5.59. The van der Waals surface area contributed by atoms with Crippen molar-refractivity contribution in [1.82, 2.24) is 5.32 Å². The zero-order chi connectivity index (χ0) is 14.4. The van der Waals surface area contributed by atoms with Gasteiger partial charge in [-0.05, 0) is 39.2 Å². The number of nitrogens with two attached hydrogens (primary N) is 1. The predicted octanol–water partition coefficient (Wildman–Crippen LogP) is 3.25. The number of nitrogens with one attached hydrogen (secondary N) is 1. The van der Waals surface area contributed by atoms with Gasteiger partial charge in [0.25, 0.3) is 0 Å². The second-order valence-electron chi connectivity index (χ2n) is 4.55. The Morgan fingerprint density at radius 1 is 1.20 bits per heavy atom. The molecule has 0 spiro atoms. The molecule has 0 aliphatic rings. The van der Waals surface area contributed by atoms with Crippen LogP contribution in [0.2, 0.25) is 0 Å². The molecule has 3 N–H and O–H groups in total. The quantitative estimate of drug-likeness (QED) is 0.852. The van der Waals surface area contributed by atoms with Gasteiger partial charge in [-0.2, -0.15) is 0 Å². The van der Waals surface area contributed by atoms with Crippen LogP contribution >= 0.6 is 15.9 Å². The van der Waals surface area contributed by atoms with E-state index in [0.717, 1.165) is 22.3 Å². The number of rotatable bonds is 6. The molecule has 1 atom stereocenters. The molecular formula is C16H19BrN2O. The van der Waals surface area contributed by atoms with Gasteiger partial charge in [-0.15, -0.1) is 0 Å². The smallest absolute Gasteiger partial charge is 0.133 e. The van der Waals surface area contributed by atoms with E-state index in [4.69, 9.17) is 10.5 Å². The van der Waals surface area contributed by atoms with Gasteiger partial charge in [-0.3, -0.25) is 0 Å². The Hall–Kier alpha value is -1.36. The normalized spacial score (nSPS) is 12.2. The minimum absolute atomic E-state index is 0.123. The highest BCUT2D eigenvalue weighted by Gasteiger charge is 2.11. The van der Waals surface area contributed by atoms with Crippen LogP contribution in [-0.2, 0) is 6.54 Å². The molecule has 4 heteroatoms. The summed E-state index contributed by atoms with van der Waals surface area (Å²) in [6.45, 7) is 1.35. The molecular weight excluding hydrogens is 316 g/mol. The average Bonchev–Trinajstić information content (AvgIpc) is 2.49. The van der Waals surface area contributed by atoms with E-state index in [0.29, 0.717) is 6.54 Å². The number of hydrogen-bond acceptors (Lipinski definition) is 3. The van der Waals surface area contributed by atoms with Crippen molar-refractivity contribution >= 4 is 15.9 Å². The minimum Gasteiger partial charge on any atom is -0.496 e. The van der Waals surface area contributed by atoms with Crippen LogP contribution in [0.25, 0.3) is 0 Å². The molecule has 0 aliphatic heterocycles. The molecule has 20 heavy (non-hydrogen) atoms. The maximum Gasteiger partial charge on any atom is 0.133 e. The van der Waals surface area contributed by atoms with Crippen molar-refractivity contribution in [3.8, 4) is 5.75 Å². The maximum absolute atomic E-state index is 5.88. The summed E-state index contributed by atoms with van der Waals surface area (Å²) in [6.07, 6.45) is 0. The van der Waals surface area contributed by atoms with Crippen LogP contribution < -0.4 is 15.8 Å². The van der Waals surface area contributed by atoms with Crippen molar-refractivity contribution in [2.24, 2.45) is 5.73 Å². The molecule has 0 radical (unpaired) electrons. The van der Waals surface area contributed by atoms with Gasteiger partial charge in [0, 0.05) is 19.1 Å². The second-order valence-corrected chi connectivity index (χ2v) is 5.40. The van der Waals surface area contributed by atoms with Crippen LogP contribution in [0.3, 0.4) is 0 Å². The first kappa shape index (κ1) is 15.0. The molecule has 106 valence electrons. The first-order valence-corrected chi connectivity index (χ1v) is 7.34. The topological polar surface area (TPSA) is 47.3 Å². The molecule has 2 aromatic rings. The van der Waals surface area contributed by atoms with Crippen molar-refractivity contribution in [2.45, 2.75) is 12.6 Å². The minimum atomic E-state index is 0.123. The predicted molar refractivity (Wildman–Crippen MR) is 85.8 cm³/mol. The molecule has 2 rings (SSSR count). The number of halogens is 1. The molecule has 0 saturated carbocycles. The van der Waals surface area contributed by atoms with Crippen molar-refractivity contribution in [3.05, 3.63) is 64.1 Å². The Bertz CT molecular complexity index is 545. The molecule has 2 aromatic carbocycles. The van der Waals surface area contributed by atoms with E-state index in [2.05, 4.69) is 33.4 Å². The van der Waals surface area contributed by atoms with Crippen molar-refractivity contribution < 1.29 is 4.74 Å². The second kappa shape index (κ2) is 7.43. The monoisotopic (exact) mass is 334 g/mol. The van der Waals surface area contributed by atoms with Crippen LogP contribution in [0.1, 0.15) is 17.2 Å². The summed E-state index contributed by atoms with van der Waals surface area (Å²) in [6, 6.07) is 16.5. The summed E-state index contributed by atoms with van der Waals surface area (Å²) in [7, 11) is 1.66. The first-order valence-electron chi connectivity index (χ1n) is 6.55. The zero-order valence-electron chi connectivity index (χ0n) is 11.5.